The molecule has 18 heavy (non-hydrogen) atoms. The Balaban J connectivity index is 2.31. The van der Waals surface area contributed by atoms with Crippen LogP contribution in [-0.2, 0) is 16.6 Å². The van der Waals surface area contributed by atoms with Crippen LogP contribution in [0.1, 0.15) is 25.5 Å². The van der Waals surface area contributed by atoms with Gasteiger partial charge in [0.25, 0.3) is 0 Å². The van der Waals surface area contributed by atoms with Crippen LogP contribution < -0.4 is 0 Å². The topological polar surface area (TPSA) is 70.8 Å². The molecule has 1 aromatic rings. The van der Waals surface area contributed by atoms with E-state index >= 15 is 0 Å². The second-order valence-electron chi connectivity index (χ2n) is 4.61. The summed E-state index contributed by atoms with van der Waals surface area (Å²) in [6.45, 7) is 1.59. The Kier molecular flexibility index (Phi) is 3.87. The Morgan fingerprint density at radius 2 is 2.22 bits per heavy atom. The van der Waals surface area contributed by atoms with Crippen molar-refractivity contribution < 1.29 is 17.9 Å². The molecule has 5 nitrogen and oxygen atoms in total. The van der Waals surface area contributed by atoms with E-state index in [4.69, 9.17) is 9.52 Å². The standard InChI is InChI=1S/C11H16BrNO4S/c1-7(8-3-4-8)13(2)18(15,16)10-5-9(6-14)17-11(10)12/h5,7-8,14H,3-4,6H2,1-2H3. The minimum atomic E-state index is -3.58. The number of furan rings is 1. The van der Waals surface area contributed by atoms with Gasteiger partial charge < -0.3 is 9.52 Å². The maximum Gasteiger partial charge on any atom is 0.247 e. The van der Waals surface area contributed by atoms with Crippen LogP contribution in [0.15, 0.2) is 20.0 Å². The molecule has 0 aromatic carbocycles. The second kappa shape index (κ2) is 4.96. The third-order valence-electron chi connectivity index (χ3n) is 3.40. The molecular formula is C11H16BrNO4S. The molecule has 7 heteroatoms. The summed E-state index contributed by atoms with van der Waals surface area (Å²) in [5.41, 5.74) is 0. The molecule has 0 bridgehead atoms. The normalized spacial score (nSPS) is 18.3. The fraction of sp³-hybridized carbons (Fsp3) is 0.636. The summed E-state index contributed by atoms with van der Waals surface area (Å²) in [4.78, 5) is 0.0709. The van der Waals surface area contributed by atoms with Crippen LogP contribution >= 0.6 is 15.9 Å². The van der Waals surface area contributed by atoms with Crippen molar-refractivity contribution in [2.75, 3.05) is 7.05 Å². The smallest absolute Gasteiger partial charge is 0.247 e. The number of sulfonamides is 1. The van der Waals surface area contributed by atoms with Crippen LogP contribution in [0.4, 0.5) is 0 Å². The lowest BCUT2D eigenvalue weighted by molar-refractivity contribution is 0.245. The number of rotatable bonds is 5. The molecule has 1 atom stereocenters. The van der Waals surface area contributed by atoms with Gasteiger partial charge in [-0.05, 0) is 41.6 Å². The summed E-state index contributed by atoms with van der Waals surface area (Å²) >= 11 is 3.08. The summed E-state index contributed by atoms with van der Waals surface area (Å²) in [5, 5.41) is 8.96. The third kappa shape index (κ3) is 2.49. The minimum Gasteiger partial charge on any atom is -0.450 e. The van der Waals surface area contributed by atoms with Crippen LogP contribution in [-0.4, -0.2) is 30.9 Å². The van der Waals surface area contributed by atoms with Crippen LogP contribution in [0.5, 0.6) is 0 Å². The van der Waals surface area contributed by atoms with Gasteiger partial charge in [-0.1, -0.05) is 0 Å². The molecule has 1 aromatic heterocycles. The summed E-state index contributed by atoms with van der Waals surface area (Å²) < 4.78 is 31.5. The summed E-state index contributed by atoms with van der Waals surface area (Å²) in [6, 6.07) is 1.34. The molecule has 2 rings (SSSR count). The lowest BCUT2D eigenvalue weighted by atomic mass is 10.2. The van der Waals surface area contributed by atoms with Crippen molar-refractivity contribution >= 4 is 26.0 Å². The Labute approximate surface area is 115 Å². The molecule has 0 radical (unpaired) electrons. The number of halogens is 1. The zero-order valence-electron chi connectivity index (χ0n) is 10.3. The molecule has 0 aliphatic heterocycles. The fourth-order valence-electron chi connectivity index (χ4n) is 1.90. The zero-order valence-corrected chi connectivity index (χ0v) is 12.7. The molecule has 0 saturated heterocycles. The zero-order chi connectivity index (χ0) is 13.5. The minimum absolute atomic E-state index is 0.0191. The first-order chi connectivity index (χ1) is 8.37. The monoisotopic (exact) mass is 337 g/mol. The van der Waals surface area contributed by atoms with Gasteiger partial charge >= 0.3 is 0 Å². The maximum absolute atomic E-state index is 12.4. The lowest BCUT2D eigenvalue weighted by Crippen LogP contribution is -2.36. The van der Waals surface area contributed by atoms with Crippen LogP contribution in [0.3, 0.4) is 0 Å². The molecule has 1 saturated carbocycles. The first kappa shape index (κ1) is 14.0. The van der Waals surface area contributed by atoms with Gasteiger partial charge in [0.05, 0.1) is 0 Å². The lowest BCUT2D eigenvalue weighted by Gasteiger charge is -2.23. The number of hydrogen-bond acceptors (Lipinski definition) is 4. The Morgan fingerprint density at radius 1 is 1.61 bits per heavy atom. The molecule has 0 spiro atoms. The molecule has 1 aliphatic rings. The highest BCUT2D eigenvalue weighted by Crippen LogP contribution is 2.37. The molecule has 102 valence electrons. The largest absolute Gasteiger partial charge is 0.450 e. The number of aliphatic hydroxyl groups excluding tert-OH is 1. The highest BCUT2D eigenvalue weighted by molar-refractivity contribution is 9.10. The van der Waals surface area contributed by atoms with E-state index in [9.17, 15) is 8.42 Å². The van der Waals surface area contributed by atoms with Crippen molar-refractivity contribution in [2.24, 2.45) is 5.92 Å². The van der Waals surface area contributed by atoms with Gasteiger partial charge in [-0.2, -0.15) is 4.31 Å². The van der Waals surface area contributed by atoms with Crippen LogP contribution in [0.25, 0.3) is 0 Å². The van der Waals surface area contributed by atoms with E-state index in [1.807, 2.05) is 6.92 Å². The quantitative estimate of drug-likeness (QED) is 0.891. The van der Waals surface area contributed by atoms with E-state index in [1.54, 1.807) is 7.05 Å². The highest BCUT2D eigenvalue weighted by atomic mass is 79.9. The van der Waals surface area contributed by atoms with Crippen LogP contribution in [0, 0.1) is 5.92 Å². The summed E-state index contributed by atoms with van der Waals surface area (Å²) in [5.74, 6) is 0.681. The molecule has 1 N–H and O–H groups in total. The van der Waals surface area contributed by atoms with Gasteiger partial charge in [0.15, 0.2) is 4.67 Å². The van der Waals surface area contributed by atoms with E-state index in [-0.39, 0.29) is 28.0 Å². The van der Waals surface area contributed by atoms with Crippen molar-refractivity contribution in [1.29, 1.82) is 0 Å². The van der Waals surface area contributed by atoms with Gasteiger partial charge in [-0.3, -0.25) is 0 Å². The van der Waals surface area contributed by atoms with Crippen molar-refractivity contribution in [3.8, 4) is 0 Å². The number of aliphatic hydroxyl groups is 1. The average Bonchev–Trinajstić information content (AvgIpc) is 3.10. The van der Waals surface area contributed by atoms with Gasteiger partial charge in [0, 0.05) is 19.2 Å². The Hall–Kier alpha value is -0.370. The predicted octanol–water partition coefficient (Wildman–Crippen LogP) is 1.95. The van der Waals surface area contributed by atoms with Gasteiger partial charge in [-0.15, -0.1) is 0 Å². The van der Waals surface area contributed by atoms with Gasteiger partial charge in [-0.25, -0.2) is 8.42 Å². The van der Waals surface area contributed by atoms with Crippen molar-refractivity contribution in [2.45, 2.75) is 37.3 Å². The van der Waals surface area contributed by atoms with Crippen molar-refractivity contribution in [3.05, 3.63) is 16.5 Å². The third-order valence-corrected chi connectivity index (χ3v) is 6.20. The predicted molar refractivity (Wildman–Crippen MR) is 69.5 cm³/mol. The molecule has 1 fully saturated rings. The Bertz CT molecular complexity index is 535. The number of hydrogen-bond donors (Lipinski definition) is 1. The summed E-state index contributed by atoms with van der Waals surface area (Å²) in [6.07, 6.45) is 2.16. The second-order valence-corrected chi connectivity index (χ2v) is 7.29. The Morgan fingerprint density at radius 3 is 2.67 bits per heavy atom. The first-order valence-corrected chi connectivity index (χ1v) is 7.98. The van der Waals surface area contributed by atoms with E-state index in [1.165, 1.54) is 10.4 Å². The molecule has 1 heterocycles. The molecular weight excluding hydrogens is 322 g/mol. The molecule has 1 aliphatic carbocycles. The van der Waals surface area contributed by atoms with Gasteiger partial charge in [0.1, 0.15) is 17.3 Å². The SMILES string of the molecule is CC(C1CC1)N(C)S(=O)(=O)c1cc(CO)oc1Br. The molecule has 1 unspecified atom stereocenters. The number of nitrogens with zero attached hydrogens (tertiary/aromatic N) is 1. The summed E-state index contributed by atoms with van der Waals surface area (Å²) in [7, 11) is -2.00. The highest BCUT2D eigenvalue weighted by Gasteiger charge is 2.37. The van der Waals surface area contributed by atoms with Crippen molar-refractivity contribution in [3.63, 3.8) is 0 Å². The van der Waals surface area contributed by atoms with Crippen LogP contribution in [0.2, 0.25) is 0 Å². The first-order valence-electron chi connectivity index (χ1n) is 5.75. The van der Waals surface area contributed by atoms with E-state index in [2.05, 4.69) is 15.9 Å². The van der Waals surface area contributed by atoms with E-state index in [0.717, 1.165) is 12.8 Å². The molecule has 0 amide bonds. The van der Waals surface area contributed by atoms with Gasteiger partial charge in [0.2, 0.25) is 10.0 Å². The van der Waals surface area contributed by atoms with E-state index < -0.39 is 10.0 Å². The average molecular weight is 338 g/mol. The fourth-order valence-corrected chi connectivity index (χ4v) is 4.28. The van der Waals surface area contributed by atoms with E-state index in [0.29, 0.717) is 5.92 Å². The van der Waals surface area contributed by atoms with Crippen molar-refractivity contribution in [1.82, 2.24) is 4.31 Å². The maximum atomic E-state index is 12.4.